The highest BCUT2D eigenvalue weighted by atomic mass is 32.1. The first kappa shape index (κ1) is 28.1. The molecule has 11 heteroatoms. The highest BCUT2D eigenvalue weighted by Gasteiger charge is 2.49. The van der Waals surface area contributed by atoms with E-state index in [-0.39, 0.29) is 17.4 Å². The number of nitrogens with zero attached hydrogens (tertiary/aromatic N) is 3. The lowest BCUT2D eigenvalue weighted by Crippen LogP contribution is -2.44. The minimum Gasteiger partial charge on any atom is -0.493 e. The Balaban J connectivity index is 1.50. The number of fused-ring (bicyclic) bond motifs is 1. The van der Waals surface area contributed by atoms with Gasteiger partial charge in [-0.3, -0.25) is 9.69 Å². The predicted molar refractivity (Wildman–Crippen MR) is 144 cm³/mol. The van der Waals surface area contributed by atoms with Crippen LogP contribution in [-0.2, 0) is 11.0 Å². The average Bonchev–Trinajstić information content (AvgIpc) is 3.03. The largest absolute Gasteiger partial charge is 0.493 e. The summed E-state index contributed by atoms with van der Waals surface area (Å²) >= 11 is 5.52. The lowest BCUT2D eigenvalue weighted by atomic mass is 10.0. The van der Waals surface area contributed by atoms with E-state index < -0.39 is 34.4 Å². The molecule has 1 saturated heterocycles. The minimum absolute atomic E-state index is 0.0537. The summed E-state index contributed by atoms with van der Waals surface area (Å²) in [6, 6.07) is 8.21. The maximum absolute atomic E-state index is 13.5. The van der Waals surface area contributed by atoms with Crippen LogP contribution < -0.4 is 15.3 Å². The van der Waals surface area contributed by atoms with Crippen LogP contribution in [0.2, 0.25) is 0 Å². The molecule has 2 aromatic carbocycles. The zero-order chi connectivity index (χ0) is 28.9. The predicted octanol–water partition coefficient (Wildman–Crippen LogP) is 5.79. The second-order valence-corrected chi connectivity index (χ2v) is 10.3. The first-order valence-corrected chi connectivity index (χ1v) is 12.5. The van der Waals surface area contributed by atoms with Crippen LogP contribution in [0.1, 0.15) is 48.1 Å². The van der Waals surface area contributed by atoms with Crippen molar-refractivity contribution >= 4 is 39.9 Å². The van der Waals surface area contributed by atoms with E-state index in [2.05, 4.69) is 0 Å². The van der Waals surface area contributed by atoms with Crippen molar-refractivity contribution in [3.05, 3.63) is 68.6 Å². The number of hydrogen-bond acceptors (Lipinski definition) is 6. The number of hydrogen-bond donors (Lipinski definition) is 0. The molecule has 3 aromatic rings. The fourth-order valence-electron chi connectivity index (χ4n) is 4.58. The van der Waals surface area contributed by atoms with Gasteiger partial charge in [-0.2, -0.15) is 18.4 Å². The van der Waals surface area contributed by atoms with Gasteiger partial charge in [0.2, 0.25) is 0 Å². The molecule has 0 spiro atoms. The molecule has 0 atom stereocenters. The molecule has 39 heavy (non-hydrogen) atoms. The molecule has 0 aliphatic carbocycles. The van der Waals surface area contributed by atoms with Crippen molar-refractivity contribution in [3.63, 3.8) is 0 Å². The molecule has 0 N–H and O–H groups in total. The van der Waals surface area contributed by atoms with E-state index in [1.54, 1.807) is 31.7 Å². The molecule has 1 fully saturated rings. The molecular formula is C28H26F3N3O4S. The number of amides is 1. The number of benzene rings is 2. The lowest BCUT2D eigenvalue weighted by Gasteiger charge is -2.29. The number of carbonyl (C=O) groups excluding carboxylic acids is 1. The summed E-state index contributed by atoms with van der Waals surface area (Å²) in [6.07, 6.45) is -4.32. The highest BCUT2D eigenvalue weighted by molar-refractivity contribution is 7.80. The molecule has 1 aliphatic heterocycles. The van der Waals surface area contributed by atoms with E-state index >= 15 is 0 Å². The molecule has 0 unspecified atom stereocenters. The van der Waals surface area contributed by atoms with Gasteiger partial charge in [0, 0.05) is 23.6 Å². The maximum atomic E-state index is 13.5. The van der Waals surface area contributed by atoms with Crippen molar-refractivity contribution < 1.29 is 27.1 Å². The van der Waals surface area contributed by atoms with Gasteiger partial charge in [-0.15, -0.1) is 0 Å². The van der Waals surface area contributed by atoms with E-state index in [0.29, 0.717) is 29.9 Å². The maximum Gasteiger partial charge on any atom is 0.417 e. The van der Waals surface area contributed by atoms with E-state index in [4.69, 9.17) is 26.6 Å². The second-order valence-electron chi connectivity index (χ2n) is 9.93. The molecule has 4 rings (SSSR count). The SMILES string of the molecule is Cc1cc2c(C)c(C)c(=O)oc2cc1OCCCN1C(=S)N(c2ccc(C#N)c(C(F)(F)F)c2)C(=O)C1(C)C. The number of aryl methyl sites for hydroxylation is 2. The quantitative estimate of drug-likeness (QED) is 0.215. The van der Waals surface area contributed by atoms with Crippen LogP contribution in [0.15, 0.2) is 39.5 Å². The van der Waals surface area contributed by atoms with Crippen LogP contribution in [0.4, 0.5) is 18.9 Å². The molecule has 0 saturated carbocycles. The Kier molecular flexibility index (Phi) is 7.21. The number of alkyl halides is 3. The summed E-state index contributed by atoms with van der Waals surface area (Å²) in [5.74, 6) is 0.0736. The third kappa shape index (κ3) is 4.96. The van der Waals surface area contributed by atoms with Gasteiger partial charge in [-0.1, -0.05) is 0 Å². The molecule has 2 heterocycles. The van der Waals surface area contributed by atoms with Crippen molar-refractivity contribution in [2.45, 2.75) is 52.8 Å². The van der Waals surface area contributed by atoms with Gasteiger partial charge in [0.15, 0.2) is 5.11 Å². The summed E-state index contributed by atoms with van der Waals surface area (Å²) in [7, 11) is 0. The molecule has 1 amide bonds. The monoisotopic (exact) mass is 557 g/mol. The third-order valence-electron chi connectivity index (χ3n) is 7.05. The lowest BCUT2D eigenvalue weighted by molar-refractivity contribution is -0.137. The van der Waals surface area contributed by atoms with Crippen LogP contribution in [-0.4, -0.2) is 34.6 Å². The second kappa shape index (κ2) is 10.0. The Bertz CT molecular complexity index is 1600. The molecule has 1 aliphatic rings. The molecule has 1 aromatic heterocycles. The van der Waals surface area contributed by atoms with Crippen LogP contribution in [0.3, 0.4) is 0 Å². The number of ether oxygens (including phenoxy) is 1. The van der Waals surface area contributed by atoms with E-state index in [1.807, 2.05) is 19.9 Å². The van der Waals surface area contributed by atoms with Gasteiger partial charge >= 0.3 is 11.8 Å². The summed E-state index contributed by atoms with van der Waals surface area (Å²) in [5, 5.41) is 9.98. The van der Waals surface area contributed by atoms with Crippen molar-refractivity contribution in [1.82, 2.24) is 4.90 Å². The number of anilines is 1. The third-order valence-corrected chi connectivity index (χ3v) is 7.45. The zero-order valence-electron chi connectivity index (χ0n) is 22.0. The van der Waals surface area contributed by atoms with E-state index in [0.717, 1.165) is 33.5 Å². The van der Waals surface area contributed by atoms with Crippen LogP contribution >= 0.6 is 12.2 Å². The van der Waals surface area contributed by atoms with E-state index in [9.17, 15) is 22.8 Å². The van der Waals surface area contributed by atoms with Gasteiger partial charge in [-0.25, -0.2) is 4.79 Å². The Hall–Kier alpha value is -3.91. The van der Waals surface area contributed by atoms with Crippen molar-refractivity contribution in [2.75, 3.05) is 18.1 Å². The minimum atomic E-state index is -4.76. The molecule has 204 valence electrons. The van der Waals surface area contributed by atoms with Gasteiger partial charge in [0.05, 0.1) is 29.5 Å². The smallest absolute Gasteiger partial charge is 0.417 e. The molecular weight excluding hydrogens is 531 g/mol. The van der Waals surface area contributed by atoms with Crippen molar-refractivity contribution in [3.8, 4) is 11.8 Å². The van der Waals surface area contributed by atoms with Crippen LogP contribution in [0, 0.1) is 32.1 Å². The van der Waals surface area contributed by atoms with Crippen molar-refractivity contribution in [1.29, 1.82) is 5.26 Å². The summed E-state index contributed by atoms with van der Waals surface area (Å²) < 4.78 is 51.9. The Morgan fingerprint density at radius 3 is 2.44 bits per heavy atom. The number of halogens is 3. The standard InChI is InChI=1S/C28H26F3N3O4S/c1-15-11-20-16(2)17(3)24(35)38-23(20)13-22(15)37-10-6-9-33-26(39)34(25(36)27(33,4)5)19-8-7-18(14-32)21(12-19)28(29,30)31/h7-8,11-13H,6,9-10H2,1-5H3. The number of nitriles is 1. The van der Waals surface area contributed by atoms with Crippen LogP contribution in [0.5, 0.6) is 5.75 Å². The fraction of sp³-hybridized carbons (Fsp3) is 0.357. The van der Waals surface area contributed by atoms with Gasteiger partial charge < -0.3 is 14.1 Å². The molecule has 7 nitrogen and oxygen atoms in total. The topological polar surface area (TPSA) is 86.8 Å². The number of rotatable bonds is 6. The Morgan fingerprint density at radius 1 is 1.10 bits per heavy atom. The van der Waals surface area contributed by atoms with Crippen LogP contribution in [0.25, 0.3) is 11.0 Å². The number of carbonyl (C=O) groups is 1. The Morgan fingerprint density at radius 2 is 1.79 bits per heavy atom. The normalized spacial score (nSPS) is 15.3. The summed E-state index contributed by atoms with van der Waals surface area (Å²) in [6.45, 7) is 9.31. The average molecular weight is 558 g/mol. The zero-order valence-corrected chi connectivity index (χ0v) is 22.8. The van der Waals surface area contributed by atoms with Crippen molar-refractivity contribution in [2.24, 2.45) is 0 Å². The van der Waals surface area contributed by atoms with Gasteiger partial charge in [0.1, 0.15) is 16.9 Å². The van der Waals surface area contributed by atoms with E-state index in [1.165, 1.54) is 12.1 Å². The molecule has 0 bridgehead atoms. The van der Waals surface area contributed by atoms with Gasteiger partial charge in [0.25, 0.3) is 5.91 Å². The van der Waals surface area contributed by atoms with Gasteiger partial charge in [-0.05, 0) is 88.6 Å². The summed E-state index contributed by atoms with van der Waals surface area (Å²) in [5.41, 5.74) is -0.550. The highest BCUT2D eigenvalue weighted by Crippen LogP contribution is 2.38. The summed E-state index contributed by atoms with van der Waals surface area (Å²) in [4.78, 5) is 28.1. The number of thiocarbonyl (C=S) groups is 1. The fourth-order valence-corrected chi connectivity index (χ4v) is 5.09. The first-order valence-electron chi connectivity index (χ1n) is 12.1. The molecule has 0 radical (unpaired) electrons. The Labute approximate surface area is 228 Å². The first-order chi connectivity index (χ1) is 18.2.